The summed E-state index contributed by atoms with van der Waals surface area (Å²) in [4.78, 5) is 17.9. The SMILES string of the molecule is CN1Cc2ccc(CCON)cc2C1=O. The van der Waals surface area contributed by atoms with Crippen LogP contribution in [0.1, 0.15) is 21.5 Å². The monoisotopic (exact) mass is 206 g/mol. The molecule has 0 fully saturated rings. The van der Waals surface area contributed by atoms with Crippen molar-refractivity contribution >= 4 is 5.91 Å². The summed E-state index contributed by atoms with van der Waals surface area (Å²) in [5.41, 5.74) is 3.00. The quantitative estimate of drug-likeness (QED) is 0.741. The van der Waals surface area contributed by atoms with Crippen LogP contribution in [0.2, 0.25) is 0 Å². The van der Waals surface area contributed by atoms with E-state index in [1.807, 2.05) is 25.2 Å². The van der Waals surface area contributed by atoms with Crippen molar-refractivity contribution in [2.24, 2.45) is 5.90 Å². The summed E-state index contributed by atoms with van der Waals surface area (Å²) in [6.07, 6.45) is 0.737. The maximum Gasteiger partial charge on any atom is 0.254 e. The third-order valence-electron chi connectivity index (χ3n) is 2.67. The lowest BCUT2D eigenvalue weighted by molar-refractivity contribution is 0.0816. The van der Waals surface area contributed by atoms with Crippen molar-refractivity contribution in [1.82, 2.24) is 4.90 Å². The van der Waals surface area contributed by atoms with Gasteiger partial charge in [0.2, 0.25) is 0 Å². The molecule has 1 aliphatic rings. The van der Waals surface area contributed by atoms with Crippen LogP contribution in [-0.2, 0) is 17.8 Å². The van der Waals surface area contributed by atoms with E-state index in [1.54, 1.807) is 4.90 Å². The van der Waals surface area contributed by atoms with E-state index in [9.17, 15) is 4.79 Å². The minimum absolute atomic E-state index is 0.0977. The molecule has 1 amide bonds. The van der Waals surface area contributed by atoms with Gasteiger partial charge in [-0.1, -0.05) is 12.1 Å². The topological polar surface area (TPSA) is 55.6 Å². The summed E-state index contributed by atoms with van der Waals surface area (Å²) < 4.78 is 0. The largest absolute Gasteiger partial charge is 0.337 e. The average molecular weight is 206 g/mol. The molecular formula is C11H14N2O2. The van der Waals surface area contributed by atoms with Crippen molar-refractivity contribution in [3.05, 3.63) is 34.9 Å². The Labute approximate surface area is 88.6 Å². The lowest BCUT2D eigenvalue weighted by Gasteiger charge is -2.04. The Morgan fingerprint density at radius 1 is 1.53 bits per heavy atom. The second-order valence-corrected chi connectivity index (χ2v) is 3.77. The summed E-state index contributed by atoms with van der Waals surface area (Å²) in [6, 6.07) is 5.95. The molecule has 1 aromatic rings. The van der Waals surface area contributed by atoms with Gasteiger partial charge in [-0.25, -0.2) is 5.90 Å². The molecule has 0 radical (unpaired) electrons. The summed E-state index contributed by atoms with van der Waals surface area (Å²) >= 11 is 0. The first kappa shape index (κ1) is 10.1. The summed E-state index contributed by atoms with van der Waals surface area (Å²) in [5, 5.41) is 0. The number of rotatable bonds is 3. The Morgan fingerprint density at radius 3 is 3.07 bits per heavy atom. The number of fused-ring (bicyclic) bond motifs is 1. The molecule has 0 saturated heterocycles. The molecular weight excluding hydrogens is 192 g/mol. The predicted octanol–water partition coefficient (Wildman–Crippen LogP) is 0.705. The molecule has 1 aromatic carbocycles. The zero-order valence-electron chi connectivity index (χ0n) is 8.69. The molecule has 1 aliphatic heterocycles. The van der Waals surface area contributed by atoms with Gasteiger partial charge in [-0.15, -0.1) is 0 Å². The van der Waals surface area contributed by atoms with Crippen molar-refractivity contribution < 1.29 is 9.63 Å². The van der Waals surface area contributed by atoms with Gasteiger partial charge in [0, 0.05) is 19.2 Å². The third kappa shape index (κ3) is 1.86. The first-order valence-corrected chi connectivity index (χ1v) is 4.91. The highest BCUT2D eigenvalue weighted by Gasteiger charge is 2.23. The highest BCUT2D eigenvalue weighted by molar-refractivity contribution is 5.98. The zero-order valence-corrected chi connectivity index (χ0v) is 8.69. The molecule has 15 heavy (non-hydrogen) atoms. The summed E-state index contributed by atoms with van der Waals surface area (Å²) in [6.45, 7) is 1.19. The van der Waals surface area contributed by atoms with E-state index in [1.165, 1.54) is 0 Å². The fourth-order valence-corrected chi connectivity index (χ4v) is 1.83. The molecule has 0 unspecified atom stereocenters. The Bertz CT molecular complexity index is 390. The van der Waals surface area contributed by atoms with Crippen LogP contribution in [0, 0.1) is 0 Å². The number of amides is 1. The van der Waals surface area contributed by atoms with Crippen LogP contribution < -0.4 is 5.90 Å². The maximum absolute atomic E-state index is 11.7. The summed E-state index contributed by atoms with van der Waals surface area (Å²) in [5.74, 6) is 5.06. The minimum atomic E-state index is 0.0977. The van der Waals surface area contributed by atoms with Gasteiger partial charge >= 0.3 is 0 Å². The first-order valence-electron chi connectivity index (χ1n) is 4.91. The number of nitrogens with zero attached hydrogens (tertiary/aromatic N) is 1. The first-order chi connectivity index (χ1) is 7.22. The Hall–Kier alpha value is -1.39. The fraction of sp³-hybridized carbons (Fsp3) is 0.364. The van der Waals surface area contributed by atoms with Crippen LogP contribution >= 0.6 is 0 Å². The lowest BCUT2D eigenvalue weighted by atomic mass is 10.0. The number of carbonyl (C=O) groups excluding carboxylic acids is 1. The van der Waals surface area contributed by atoms with Gasteiger partial charge in [0.15, 0.2) is 0 Å². The predicted molar refractivity (Wildman–Crippen MR) is 56.1 cm³/mol. The second kappa shape index (κ2) is 4.00. The number of hydrogen-bond donors (Lipinski definition) is 1. The van der Waals surface area contributed by atoms with Crippen molar-refractivity contribution in [1.29, 1.82) is 0 Å². The Kier molecular flexibility index (Phi) is 2.70. The molecule has 2 rings (SSSR count). The normalized spacial score (nSPS) is 14.5. The molecule has 2 N–H and O–H groups in total. The molecule has 0 spiro atoms. The second-order valence-electron chi connectivity index (χ2n) is 3.77. The Morgan fingerprint density at radius 2 is 2.33 bits per heavy atom. The van der Waals surface area contributed by atoms with Crippen LogP contribution in [0.15, 0.2) is 18.2 Å². The highest BCUT2D eigenvalue weighted by atomic mass is 16.6. The number of carbonyl (C=O) groups is 1. The van der Waals surface area contributed by atoms with Gasteiger partial charge in [-0.2, -0.15) is 0 Å². The molecule has 1 heterocycles. The fourth-order valence-electron chi connectivity index (χ4n) is 1.83. The van der Waals surface area contributed by atoms with Crippen LogP contribution in [0.3, 0.4) is 0 Å². The molecule has 4 heteroatoms. The summed E-state index contributed by atoms with van der Waals surface area (Å²) in [7, 11) is 1.81. The molecule has 0 bridgehead atoms. The average Bonchev–Trinajstić information content (AvgIpc) is 2.52. The third-order valence-corrected chi connectivity index (χ3v) is 2.67. The van der Waals surface area contributed by atoms with Gasteiger partial charge in [0.25, 0.3) is 5.91 Å². The van der Waals surface area contributed by atoms with Gasteiger partial charge in [-0.3, -0.25) is 4.79 Å². The van der Waals surface area contributed by atoms with Crippen molar-refractivity contribution in [2.45, 2.75) is 13.0 Å². The number of nitrogens with two attached hydrogens (primary N) is 1. The molecule has 80 valence electrons. The van der Waals surface area contributed by atoms with Gasteiger partial charge in [0.1, 0.15) is 0 Å². The molecule has 0 aliphatic carbocycles. The van der Waals surface area contributed by atoms with Crippen LogP contribution in [0.5, 0.6) is 0 Å². The van der Waals surface area contributed by atoms with E-state index >= 15 is 0 Å². The zero-order chi connectivity index (χ0) is 10.8. The van der Waals surface area contributed by atoms with Crippen molar-refractivity contribution in [2.75, 3.05) is 13.7 Å². The molecule has 0 aromatic heterocycles. The van der Waals surface area contributed by atoms with Gasteiger partial charge < -0.3 is 9.74 Å². The van der Waals surface area contributed by atoms with Crippen LogP contribution in [0.25, 0.3) is 0 Å². The van der Waals surface area contributed by atoms with Crippen LogP contribution in [0.4, 0.5) is 0 Å². The van der Waals surface area contributed by atoms with E-state index in [-0.39, 0.29) is 5.91 Å². The van der Waals surface area contributed by atoms with E-state index in [0.29, 0.717) is 13.2 Å². The minimum Gasteiger partial charge on any atom is -0.337 e. The van der Waals surface area contributed by atoms with Gasteiger partial charge in [0.05, 0.1) is 6.61 Å². The molecule has 4 nitrogen and oxygen atoms in total. The molecule has 0 saturated carbocycles. The Balaban J connectivity index is 2.23. The number of hydrogen-bond acceptors (Lipinski definition) is 3. The van der Waals surface area contributed by atoms with Crippen molar-refractivity contribution in [3.8, 4) is 0 Å². The van der Waals surface area contributed by atoms with E-state index in [4.69, 9.17) is 5.90 Å². The standard InChI is InChI=1S/C11H14N2O2/c1-13-7-9-3-2-8(4-5-15-12)6-10(9)11(13)14/h2-3,6H,4-5,7,12H2,1H3. The highest BCUT2D eigenvalue weighted by Crippen LogP contribution is 2.22. The maximum atomic E-state index is 11.7. The van der Waals surface area contributed by atoms with E-state index in [0.717, 1.165) is 23.1 Å². The van der Waals surface area contributed by atoms with E-state index in [2.05, 4.69) is 4.84 Å². The molecule has 0 atom stereocenters. The van der Waals surface area contributed by atoms with Crippen LogP contribution in [-0.4, -0.2) is 24.5 Å². The van der Waals surface area contributed by atoms with Crippen molar-refractivity contribution in [3.63, 3.8) is 0 Å². The number of benzene rings is 1. The smallest absolute Gasteiger partial charge is 0.254 e. The van der Waals surface area contributed by atoms with Gasteiger partial charge in [-0.05, 0) is 23.6 Å². The lowest BCUT2D eigenvalue weighted by Crippen LogP contribution is -2.17. The van der Waals surface area contributed by atoms with E-state index < -0.39 is 0 Å².